The van der Waals surface area contributed by atoms with Crippen LogP contribution in [0, 0.1) is 50.2 Å². The molecule has 0 spiro atoms. The second-order valence-corrected chi connectivity index (χ2v) is 17.9. The Morgan fingerprint density at radius 3 is 2.19 bits per heavy atom. The van der Waals surface area contributed by atoms with Crippen LogP contribution in [0.4, 0.5) is 0 Å². The van der Waals surface area contributed by atoms with Crippen molar-refractivity contribution in [2.75, 3.05) is 6.61 Å². The first-order valence-corrected chi connectivity index (χ1v) is 17.1. The third kappa shape index (κ3) is 4.23. The van der Waals surface area contributed by atoms with Gasteiger partial charge in [-0.3, -0.25) is 4.79 Å². The van der Waals surface area contributed by atoms with Crippen molar-refractivity contribution in [3.63, 3.8) is 0 Å². The van der Waals surface area contributed by atoms with Gasteiger partial charge in [-0.1, -0.05) is 60.1 Å². The molecule has 13 atom stereocenters. The van der Waals surface area contributed by atoms with Gasteiger partial charge in [0.25, 0.3) is 0 Å². The second kappa shape index (κ2) is 10.1. The molecule has 5 aliphatic carbocycles. The Morgan fingerprint density at radius 1 is 0.837 bits per heavy atom. The highest BCUT2D eigenvalue weighted by molar-refractivity contribution is 5.91. The Hall–Kier alpha value is -0.830. The van der Waals surface area contributed by atoms with Crippen LogP contribution >= 0.6 is 0 Å². The van der Waals surface area contributed by atoms with Gasteiger partial charge in [0.05, 0.1) is 12.7 Å². The molecule has 5 fully saturated rings. The summed E-state index contributed by atoms with van der Waals surface area (Å²) in [6.07, 6.45) is 4.55. The van der Waals surface area contributed by atoms with Gasteiger partial charge in [0.1, 0.15) is 30.5 Å². The van der Waals surface area contributed by atoms with Crippen molar-refractivity contribution in [1.29, 1.82) is 0 Å². The van der Waals surface area contributed by atoms with Gasteiger partial charge in [0.15, 0.2) is 5.78 Å². The number of Topliss-reactive ketones (excluding diaryl/α,β-unsaturated/α-hetero) is 1. The number of rotatable bonds is 3. The van der Waals surface area contributed by atoms with E-state index in [2.05, 4.69) is 54.5 Å². The molecule has 0 aromatic rings. The van der Waals surface area contributed by atoms with E-state index >= 15 is 0 Å². The highest BCUT2D eigenvalue weighted by Gasteiger charge is 2.69. The van der Waals surface area contributed by atoms with Crippen molar-refractivity contribution < 1.29 is 35.1 Å². The van der Waals surface area contributed by atoms with Crippen molar-refractivity contribution in [1.82, 2.24) is 0 Å². The lowest BCUT2D eigenvalue weighted by molar-refractivity contribution is -0.234. The number of aliphatic hydroxyl groups excluding tert-OH is 5. The van der Waals surface area contributed by atoms with Crippen LogP contribution in [0.15, 0.2) is 11.6 Å². The Kier molecular flexibility index (Phi) is 7.53. The number of aliphatic hydroxyl groups is 5. The molecule has 0 bridgehead atoms. The van der Waals surface area contributed by atoms with E-state index in [-0.39, 0.29) is 44.9 Å². The van der Waals surface area contributed by atoms with E-state index in [1.165, 1.54) is 5.57 Å². The van der Waals surface area contributed by atoms with E-state index in [4.69, 9.17) is 4.74 Å². The van der Waals surface area contributed by atoms with E-state index in [0.29, 0.717) is 24.7 Å². The lowest BCUT2D eigenvalue weighted by atomic mass is 9.33. The average Bonchev–Trinajstić information content (AvgIpc) is 2.94. The molecule has 0 radical (unpaired) electrons. The molecule has 1 heterocycles. The Morgan fingerprint density at radius 2 is 1.51 bits per heavy atom. The minimum absolute atomic E-state index is 0.0165. The van der Waals surface area contributed by atoms with Gasteiger partial charge >= 0.3 is 0 Å². The first-order chi connectivity index (χ1) is 19.9. The Labute approximate surface area is 258 Å². The molecule has 1 aliphatic heterocycles. The van der Waals surface area contributed by atoms with Gasteiger partial charge in [-0.25, -0.2) is 0 Å². The third-order valence-electron chi connectivity index (χ3n) is 15.3. The summed E-state index contributed by atoms with van der Waals surface area (Å²) in [5.41, 5.74) is 0.811. The van der Waals surface area contributed by atoms with Gasteiger partial charge in [-0.15, -0.1) is 0 Å². The van der Waals surface area contributed by atoms with Crippen LogP contribution in [0.1, 0.15) is 113 Å². The Bertz CT molecular complexity index is 1160. The second-order valence-electron chi connectivity index (χ2n) is 17.9. The highest BCUT2D eigenvalue weighted by Crippen LogP contribution is 2.76. The molecule has 7 nitrogen and oxygen atoms in total. The smallest absolute Gasteiger partial charge is 0.171 e. The Balaban J connectivity index is 1.40. The van der Waals surface area contributed by atoms with Crippen molar-refractivity contribution in [2.24, 2.45) is 50.2 Å². The predicted octanol–water partition coefficient (Wildman–Crippen LogP) is 4.56. The van der Waals surface area contributed by atoms with Crippen LogP contribution in [-0.2, 0) is 9.53 Å². The van der Waals surface area contributed by atoms with Crippen molar-refractivity contribution in [2.45, 2.75) is 149 Å². The molecule has 6 aliphatic rings. The zero-order chi connectivity index (χ0) is 31.5. The van der Waals surface area contributed by atoms with Crippen LogP contribution in [-0.4, -0.2) is 74.5 Å². The minimum atomic E-state index is -1.55. The summed E-state index contributed by atoms with van der Waals surface area (Å²) in [4.78, 5) is 14.7. The van der Waals surface area contributed by atoms with Crippen molar-refractivity contribution >= 4 is 5.78 Å². The summed E-state index contributed by atoms with van der Waals surface area (Å²) in [7, 11) is 0. The maximum atomic E-state index is 14.7. The van der Waals surface area contributed by atoms with Gasteiger partial charge in [-0.05, 0) is 109 Å². The van der Waals surface area contributed by atoms with Crippen molar-refractivity contribution in [3.05, 3.63) is 11.6 Å². The van der Waals surface area contributed by atoms with Crippen LogP contribution in [0.25, 0.3) is 0 Å². The lowest BCUT2D eigenvalue weighted by Crippen LogP contribution is -2.67. The fourth-order valence-electron chi connectivity index (χ4n) is 12.3. The quantitative estimate of drug-likeness (QED) is 0.300. The van der Waals surface area contributed by atoms with Gasteiger partial charge in [-0.2, -0.15) is 0 Å². The van der Waals surface area contributed by atoms with Gasteiger partial charge < -0.3 is 30.3 Å². The number of carbonyl (C=O) groups is 1. The van der Waals surface area contributed by atoms with Crippen molar-refractivity contribution in [3.8, 4) is 0 Å². The minimum Gasteiger partial charge on any atom is -0.394 e. The number of ether oxygens (including phenoxy) is 1. The number of allylic oxidation sites excluding steroid dienone is 2. The largest absolute Gasteiger partial charge is 0.394 e. The number of carbonyl (C=O) groups excluding carboxylic acids is 1. The third-order valence-corrected chi connectivity index (χ3v) is 15.3. The van der Waals surface area contributed by atoms with E-state index in [1.54, 1.807) is 0 Å². The molecule has 1 saturated heterocycles. The first-order valence-electron chi connectivity index (χ1n) is 17.1. The maximum absolute atomic E-state index is 14.7. The molecule has 5 unspecified atom stereocenters. The number of ketones is 1. The monoisotopic (exact) mass is 602 g/mol. The number of fused-ring (bicyclic) bond motifs is 7. The van der Waals surface area contributed by atoms with Crippen LogP contribution in [0.5, 0.6) is 0 Å². The van der Waals surface area contributed by atoms with Crippen LogP contribution in [0.2, 0.25) is 0 Å². The van der Waals surface area contributed by atoms with Crippen LogP contribution < -0.4 is 0 Å². The molecular formula is C36H58O7. The summed E-state index contributed by atoms with van der Waals surface area (Å²) in [6.45, 7) is 16.1. The summed E-state index contributed by atoms with van der Waals surface area (Å²) < 4.78 is 5.91. The summed E-state index contributed by atoms with van der Waals surface area (Å²) in [5, 5.41) is 52.9. The molecule has 4 saturated carbocycles. The number of hydrogen-bond donors (Lipinski definition) is 5. The summed E-state index contributed by atoms with van der Waals surface area (Å²) in [6, 6.07) is 0. The molecule has 43 heavy (non-hydrogen) atoms. The molecule has 0 amide bonds. The van der Waals surface area contributed by atoms with Gasteiger partial charge in [0, 0.05) is 5.41 Å². The SMILES string of the molecule is CC1(C)CC[C@]2(C(=O)[C@@H]3OC(CO)[C@@H](O)[C@H](O)C3O)CC[C@]3(C)C(=CCC4[C@@]5(C)CC[C@@H](O)C(C)(C)C5CC[C@]43C)C2C1. The normalized spacial score (nSPS) is 53.9. The molecule has 7 heteroatoms. The number of hydrogen-bond acceptors (Lipinski definition) is 7. The molecule has 0 aromatic heterocycles. The topological polar surface area (TPSA) is 127 Å². The first kappa shape index (κ1) is 32.1. The fraction of sp³-hybridized carbons (Fsp3) is 0.917. The standard InChI is InChI=1S/C36H58O7/c1-31(2)14-16-36(30(42)29-28(41)27(40)26(39)22(19-37)43-29)17-15-34(6)20(21(36)18-31)8-9-24-33(5)12-11-25(38)32(3,4)23(33)10-13-35(24,34)7/h8,21-29,37-41H,9-19H2,1-7H3/t21?,22?,23?,24?,25-,26-,27+,28?,29-,33+,34-,35-,36+/m1/s1. The van der Waals surface area contributed by atoms with E-state index < -0.39 is 42.5 Å². The summed E-state index contributed by atoms with van der Waals surface area (Å²) in [5.74, 6) is 0.829. The maximum Gasteiger partial charge on any atom is 0.171 e. The molecule has 244 valence electrons. The zero-order valence-electron chi connectivity index (χ0n) is 27.6. The zero-order valence-corrected chi connectivity index (χ0v) is 27.6. The molecule has 0 aromatic carbocycles. The molecule has 6 rings (SSSR count). The molecular weight excluding hydrogens is 544 g/mol. The highest BCUT2D eigenvalue weighted by atomic mass is 16.5. The summed E-state index contributed by atoms with van der Waals surface area (Å²) >= 11 is 0. The van der Waals surface area contributed by atoms with Gasteiger partial charge in [0.2, 0.25) is 0 Å². The van der Waals surface area contributed by atoms with E-state index in [1.807, 2.05) is 0 Å². The van der Waals surface area contributed by atoms with E-state index in [0.717, 1.165) is 51.4 Å². The fourth-order valence-corrected chi connectivity index (χ4v) is 12.3. The molecule has 5 N–H and O–H groups in total. The predicted molar refractivity (Wildman–Crippen MR) is 164 cm³/mol. The van der Waals surface area contributed by atoms with E-state index in [9.17, 15) is 30.3 Å². The van der Waals surface area contributed by atoms with Crippen LogP contribution in [0.3, 0.4) is 0 Å². The lowest BCUT2D eigenvalue weighted by Gasteiger charge is -2.71. The average molecular weight is 603 g/mol.